The van der Waals surface area contributed by atoms with E-state index in [-0.39, 0.29) is 5.91 Å². The van der Waals surface area contributed by atoms with E-state index < -0.39 is 0 Å². The lowest BCUT2D eigenvalue weighted by Gasteiger charge is -2.21. The van der Waals surface area contributed by atoms with Crippen LogP contribution in [0.3, 0.4) is 0 Å². The zero-order chi connectivity index (χ0) is 15.2. The molecule has 1 aromatic carbocycles. The summed E-state index contributed by atoms with van der Waals surface area (Å²) in [5, 5.41) is 8.75. The minimum atomic E-state index is -0.176. The predicted octanol–water partition coefficient (Wildman–Crippen LogP) is 2.20. The first-order chi connectivity index (χ1) is 10.2. The van der Waals surface area contributed by atoms with Crippen LogP contribution in [0.2, 0.25) is 0 Å². The third-order valence-electron chi connectivity index (χ3n) is 3.20. The van der Waals surface area contributed by atoms with Gasteiger partial charge >= 0.3 is 0 Å². The first-order valence-corrected chi connectivity index (χ1v) is 6.64. The van der Waals surface area contributed by atoms with E-state index in [1.165, 1.54) is 6.20 Å². The number of nitriles is 1. The number of benzene rings is 1. The van der Waals surface area contributed by atoms with Crippen LogP contribution in [0.25, 0.3) is 0 Å². The molecule has 0 atom stereocenters. The Morgan fingerprint density at radius 2 is 2.10 bits per heavy atom. The second kappa shape index (κ2) is 6.53. The Kier molecular flexibility index (Phi) is 4.52. The van der Waals surface area contributed by atoms with Crippen molar-refractivity contribution in [1.82, 2.24) is 9.88 Å². The van der Waals surface area contributed by atoms with E-state index in [0.29, 0.717) is 30.0 Å². The van der Waals surface area contributed by atoms with Gasteiger partial charge in [-0.2, -0.15) is 5.26 Å². The minimum absolute atomic E-state index is 0.176. The second-order valence-corrected chi connectivity index (χ2v) is 4.56. The average Bonchev–Trinajstić information content (AvgIpc) is 2.53. The van der Waals surface area contributed by atoms with Crippen molar-refractivity contribution < 1.29 is 4.79 Å². The molecule has 0 radical (unpaired) electrons. The van der Waals surface area contributed by atoms with Crippen LogP contribution < -0.4 is 5.73 Å². The summed E-state index contributed by atoms with van der Waals surface area (Å²) in [5.41, 5.74) is 8.23. The Morgan fingerprint density at radius 1 is 1.33 bits per heavy atom. The van der Waals surface area contributed by atoms with Gasteiger partial charge < -0.3 is 10.6 Å². The van der Waals surface area contributed by atoms with Crippen LogP contribution in [0.5, 0.6) is 0 Å². The van der Waals surface area contributed by atoms with Gasteiger partial charge in [0.25, 0.3) is 5.91 Å². The van der Waals surface area contributed by atoms with Crippen LogP contribution in [-0.4, -0.2) is 22.3 Å². The SMILES string of the molecule is CCN(Cc1ccccc1N)C(=O)c1ccc(C#N)cn1. The molecule has 1 heterocycles. The Labute approximate surface area is 123 Å². The molecule has 0 saturated carbocycles. The van der Waals surface area contributed by atoms with Gasteiger partial charge in [-0.1, -0.05) is 18.2 Å². The van der Waals surface area contributed by atoms with E-state index in [4.69, 9.17) is 11.0 Å². The number of nitrogens with two attached hydrogens (primary N) is 1. The molecule has 106 valence electrons. The van der Waals surface area contributed by atoms with Gasteiger partial charge in [0.05, 0.1) is 5.56 Å². The highest BCUT2D eigenvalue weighted by atomic mass is 16.2. The van der Waals surface area contributed by atoms with Gasteiger partial charge in [0.2, 0.25) is 0 Å². The predicted molar refractivity (Wildman–Crippen MR) is 80.2 cm³/mol. The van der Waals surface area contributed by atoms with Crippen LogP contribution in [-0.2, 0) is 6.54 Å². The third kappa shape index (κ3) is 3.37. The van der Waals surface area contributed by atoms with Gasteiger partial charge in [-0.15, -0.1) is 0 Å². The van der Waals surface area contributed by atoms with Crippen molar-refractivity contribution in [3.8, 4) is 6.07 Å². The van der Waals surface area contributed by atoms with Crippen LogP contribution in [0.1, 0.15) is 28.5 Å². The summed E-state index contributed by atoms with van der Waals surface area (Å²) in [4.78, 5) is 18.1. The second-order valence-electron chi connectivity index (χ2n) is 4.56. The first kappa shape index (κ1) is 14.5. The lowest BCUT2D eigenvalue weighted by molar-refractivity contribution is 0.0747. The van der Waals surface area contributed by atoms with Crippen molar-refractivity contribution in [2.45, 2.75) is 13.5 Å². The van der Waals surface area contributed by atoms with Gasteiger partial charge in [-0.3, -0.25) is 4.79 Å². The number of rotatable bonds is 4. The fraction of sp³-hybridized carbons (Fsp3) is 0.188. The number of pyridine rings is 1. The summed E-state index contributed by atoms with van der Waals surface area (Å²) in [6, 6.07) is 12.6. The third-order valence-corrected chi connectivity index (χ3v) is 3.20. The lowest BCUT2D eigenvalue weighted by Crippen LogP contribution is -2.31. The van der Waals surface area contributed by atoms with Gasteiger partial charge in [-0.25, -0.2) is 4.98 Å². The maximum absolute atomic E-state index is 12.4. The van der Waals surface area contributed by atoms with Gasteiger partial charge in [-0.05, 0) is 30.7 Å². The van der Waals surface area contributed by atoms with Crippen LogP contribution >= 0.6 is 0 Å². The van der Waals surface area contributed by atoms with Crippen molar-refractivity contribution in [2.24, 2.45) is 0 Å². The summed E-state index contributed by atoms with van der Waals surface area (Å²) in [5.74, 6) is -0.176. The van der Waals surface area contributed by atoms with Crippen LogP contribution in [0, 0.1) is 11.3 Å². The molecular formula is C16H16N4O. The number of anilines is 1. The van der Waals surface area contributed by atoms with Crippen molar-refractivity contribution in [3.05, 3.63) is 59.4 Å². The summed E-state index contributed by atoms with van der Waals surface area (Å²) in [6.07, 6.45) is 1.40. The molecule has 0 aliphatic heterocycles. The molecule has 2 rings (SSSR count). The Hall–Kier alpha value is -2.87. The zero-order valence-corrected chi connectivity index (χ0v) is 11.8. The van der Waals surface area contributed by atoms with Crippen molar-refractivity contribution in [2.75, 3.05) is 12.3 Å². The summed E-state index contributed by atoms with van der Waals surface area (Å²) >= 11 is 0. The molecular weight excluding hydrogens is 264 g/mol. The fourth-order valence-electron chi connectivity index (χ4n) is 1.96. The number of carbonyl (C=O) groups is 1. The summed E-state index contributed by atoms with van der Waals surface area (Å²) in [7, 11) is 0. The maximum atomic E-state index is 12.4. The molecule has 1 aromatic heterocycles. The van der Waals surface area contributed by atoms with E-state index in [1.807, 2.05) is 37.3 Å². The number of hydrogen-bond acceptors (Lipinski definition) is 4. The highest BCUT2D eigenvalue weighted by Crippen LogP contribution is 2.15. The number of nitrogens with zero attached hydrogens (tertiary/aromatic N) is 3. The highest BCUT2D eigenvalue weighted by molar-refractivity contribution is 5.92. The van der Waals surface area contributed by atoms with Crippen molar-refractivity contribution in [1.29, 1.82) is 5.26 Å². The molecule has 5 nitrogen and oxygen atoms in total. The Morgan fingerprint density at radius 3 is 2.67 bits per heavy atom. The minimum Gasteiger partial charge on any atom is -0.398 e. The maximum Gasteiger partial charge on any atom is 0.272 e. The molecule has 0 aliphatic carbocycles. The highest BCUT2D eigenvalue weighted by Gasteiger charge is 2.16. The molecule has 0 spiro atoms. The molecule has 0 saturated heterocycles. The van der Waals surface area contributed by atoms with E-state index in [2.05, 4.69) is 4.98 Å². The van der Waals surface area contributed by atoms with Crippen LogP contribution in [0.4, 0.5) is 5.69 Å². The number of amides is 1. The molecule has 0 aliphatic rings. The van der Waals surface area contributed by atoms with Gasteiger partial charge in [0, 0.05) is 25.0 Å². The van der Waals surface area contributed by atoms with Crippen molar-refractivity contribution in [3.63, 3.8) is 0 Å². The number of carbonyl (C=O) groups excluding carboxylic acids is 1. The molecule has 0 fully saturated rings. The number of para-hydroxylation sites is 1. The molecule has 21 heavy (non-hydrogen) atoms. The molecule has 5 heteroatoms. The number of aromatic nitrogens is 1. The van der Waals surface area contributed by atoms with E-state index in [1.54, 1.807) is 17.0 Å². The number of nitrogen functional groups attached to an aromatic ring is 1. The molecule has 2 aromatic rings. The van der Waals surface area contributed by atoms with Crippen molar-refractivity contribution >= 4 is 11.6 Å². The topological polar surface area (TPSA) is 83.0 Å². The first-order valence-electron chi connectivity index (χ1n) is 6.64. The number of hydrogen-bond donors (Lipinski definition) is 1. The van der Waals surface area contributed by atoms with Crippen LogP contribution in [0.15, 0.2) is 42.6 Å². The van der Waals surface area contributed by atoms with Gasteiger partial charge in [0.15, 0.2) is 0 Å². The Balaban J connectivity index is 2.18. The summed E-state index contributed by atoms with van der Waals surface area (Å²) < 4.78 is 0. The molecule has 0 unspecified atom stereocenters. The standard InChI is InChI=1S/C16H16N4O/c1-2-20(11-13-5-3-4-6-14(13)18)16(21)15-8-7-12(9-17)10-19-15/h3-8,10H,2,11,18H2,1H3. The fourth-order valence-corrected chi connectivity index (χ4v) is 1.96. The monoisotopic (exact) mass is 280 g/mol. The molecule has 1 amide bonds. The van der Waals surface area contributed by atoms with E-state index in [9.17, 15) is 4.79 Å². The molecule has 2 N–H and O–H groups in total. The van der Waals surface area contributed by atoms with Gasteiger partial charge in [0.1, 0.15) is 11.8 Å². The quantitative estimate of drug-likeness (QED) is 0.870. The smallest absolute Gasteiger partial charge is 0.272 e. The lowest BCUT2D eigenvalue weighted by atomic mass is 10.1. The molecule has 0 bridgehead atoms. The Bertz CT molecular complexity index is 673. The normalized spacial score (nSPS) is 9.90. The summed E-state index contributed by atoms with van der Waals surface area (Å²) in [6.45, 7) is 2.89. The van der Waals surface area contributed by atoms with E-state index in [0.717, 1.165) is 5.56 Å². The largest absolute Gasteiger partial charge is 0.398 e. The average molecular weight is 280 g/mol. The zero-order valence-electron chi connectivity index (χ0n) is 11.8. The van der Waals surface area contributed by atoms with E-state index >= 15 is 0 Å².